The zero-order valence-electron chi connectivity index (χ0n) is 30.4. The molecule has 1 aromatic heterocycles. The maximum atomic E-state index is 14.0. The highest BCUT2D eigenvalue weighted by Crippen LogP contribution is 2.25. The molecule has 0 fully saturated rings. The lowest BCUT2D eigenvalue weighted by Crippen LogP contribution is -2.60. The van der Waals surface area contributed by atoms with Gasteiger partial charge >= 0.3 is 6.09 Å². The molecule has 0 saturated carbocycles. The molecule has 12 heteroatoms. The van der Waals surface area contributed by atoms with Crippen molar-refractivity contribution < 1.29 is 29.0 Å². The van der Waals surface area contributed by atoms with Crippen LogP contribution in [-0.4, -0.2) is 77.3 Å². The number of pyridine rings is 1. The number of ether oxygens (including phenoxy) is 1. The van der Waals surface area contributed by atoms with Crippen LogP contribution in [0.15, 0.2) is 79.1 Å². The van der Waals surface area contributed by atoms with Gasteiger partial charge in [0, 0.05) is 45.4 Å². The van der Waals surface area contributed by atoms with Crippen molar-refractivity contribution in [3.63, 3.8) is 0 Å². The lowest BCUT2D eigenvalue weighted by molar-refractivity contribution is -0.145. The van der Waals surface area contributed by atoms with Crippen LogP contribution in [0, 0.1) is 10.8 Å². The molecule has 0 aliphatic rings. The zero-order chi connectivity index (χ0) is 37.1. The molecule has 0 aliphatic heterocycles. The number of amides is 4. The van der Waals surface area contributed by atoms with Gasteiger partial charge in [0.2, 0.25) is 5.91 Å². The van der Waals surface area contributed by atoms with Gasteiger partial charge in [0.05, 0.1) is 7.11 Å². The number of nitrogens with one attached hydrogen (secondary N) is 4. The number of hydrogen-bond acceptors (Lipinski definition) is 8. The van der Waals surface area contributed by atoms with Gasteiger partial charge in [-0.3, -0.25) is 24.8 Å². The maximum Gasteiger partial charge on any atom is 0.407 e. The predicted octanol–water partition coefficient (Wildman–Crippen LogP) is 3.99. The summed E-state index contributed by atoms with van der Waals surface area (Å²) >= 11 is 0. The zero-order valence-corrected chi connectivity index (χ0v) is 30.4. The monoisotopic (exact) mass is 688 g/mol. The molecule has 50 heavy (non-hydrogen) atoms. The molecule has 0 aliphatic carbocycles. The van der Waals surface area contributed by atoms with Crippen molar-refractivity contribution >= 4 is 23.8 Å². The number of aromatic nitrogens is 1. The smallest absolute Gasteiger partial charge is 0.407 e. The predicted molar refractivity (Wildman–Crippen MR) is 192 cm³/mol. The minimum Gasteiger partial charge on any atom is -0.453 e. The third-order valence-corrected chi connectivity index (χ3v) is 8.37. The Balaban J connectivity index is 1.96. The second kappa shape index (κ2) is 17.2. The van der Waals surface area contributed by atoms with E-state index in [-0.39, 0.29) is 31.8 Å². The van der Waals surface area contributed by atoms with Gasteiger partial charge in [-0.2, -0.15) is 0 Å². The Morgan fingerprint density at radius 3 is 1.96 bits per heavy atom. The number of benzene rings is 2. The Bertz CT molecular complexity index is 1570. The number of carbonyl (C=O) groups excluding carboxylic acids is 4. The summed E-state index contributed by atoms with van der Waals surface area (Å²) in [5.74, 6) is -1.60. The van der Waals surface area contributed by atoms with Crippen LogP contribution >= 0.6 is 0 Å². The van der Waals surface area contributed by atoms with Crippen molar-refractivity contribution in [1.82, 2.24) is 31.4 Å². The first-order valence-electron chi connectivity index (χ1n) is 16.6. The van der Waals surface area contributed by atoms with E-state index in [9.17, 15) is 24.3 Å². The standard InChI is InChI=1S/C38H52N6O6/c1-36(2,3)30(32(45)39-7)41-34(47)38(49,23-26-13-10-9-11-14-26)20-22-44(43-33(46)31(37(4,5)6)42-35(48)50-8)25-27-16-18-28(19-17-27)29-15-12-21-40-24-29/h9-19,21,24,30-31,49H,20,22-23,25H2,1-8H3,(H,39,45)(H,41,47)(H,42,48)(H,43,46)/t30-,31-,38-/m1/s1. The average Bonchev–Trinajstić information content (AvgIpc) is 3.08. The first-order chi connectivity index (χ1) is 23.5. The van der Waals surface area contributed by atoms with E-state index in [1.807, 2.05) is 108 Å². The summed E-state index contributed by atoms with van der Waals surface area (Å²) in [5.41, 5.74) is 3.08. The summed E-state index contributed by atoms with van der Waals surface area (Å²) in [6, 6.07) is 18.8. The lowest BCUT2D eigenvalue weighted by Gasteiger charge is -2.36. The molecule has 0 bridgehead atoms. The molecule has 1 heterocycles. The number of aliphatic hydroxyl groups is 1. The van der Waals surface area contributed by atoms with Crippen LogP contribution < -0.4 is 21.4 Å². The van der Waals surface area contributed by atoms with Crippen LogP contribution in [0.3, 0.4) is 0 Å². The Kier molecular flexibility index (Phi) is 13.6. The van der Waals surface area contributed by atoms with Crippen molar-refractivity contribution in [2.75, 3.05) is 20.7 Å². The van der Waals surface area contributed by atoms with Gasteiger partial charge in [-0.25, -0.2) is 9.80 Å². The van der Waals surface area contributed by atoms with Crippen molar-refractivity contribution in [1.29, 1.82) is 0 Å². The van der Waals surface area contributed by atoms with E-state index in [2.05, 4.69) is 26.4 Å². The molecular weight excluding hydrogens is 636 g/mol. The normalized spacial score (nSPS) is 14.1. The van der Waals surface area contributed by atoms with E-state index in [4.69, 9.17) is 4.74 Å². The van der Waals surface area contributed by atoms with E-state index in [1.165, 1.54) is 14.2 Å². The maximum absolute atomic E-state index is 14.0. The number of hydrogen-bond donors (Lipinski definition) is 5. The van der Waals surface area contributed by atoms with Crippen LogP contribution in [0.25, 0.3) is 11.1 Å². The van der Waals surface area contributed by atoms with E-state index in [1.54, 1.807) is 17.4 Å². The topological polar surface area (TPSA) is 162 Å². The van der Waals surface area contributed by atoms with Gasteiger partial charge in [-0.15, -0.1) is 0 Å². The highest BCUT2D eigenvalue weighted by Gasteiger charge is 2.42. The Morgan fingerprint density at radius 2 is 1.42 bits per heavy atom. The fourth-order valence-corrected chi connectivity index (χ4v) is 5.42. The van der Waals surface area contributed by atoms with Gasteiger partial charge in [0.1, 0.15) is 17.7 Å². The Morgan fingerprint density at radius 1 is 0.800 bits per heavy atom. The second-order valence-electron chi connectivity index (χ2n) is 14.6. The summed E-state index contributed by atoms with van der Waals surface area (Å²) < 4.78 is 4.78. The minimum atomic E-state index is -1.97. The van der Waals surface area contributed by atoms with Crippen molar-refractivity contribution in [3.8, 4) is 11.1 Å². The van der Waals surface area contributed by atoms with E-state index < -0.39 is 46.4 Å². The number of carbonyl (C=O) groups is 4. The third-order valence-electron chi connectivity index (χ3n) is 8.37. The lowest BCUT2D eigenvalue weighted by atomic mass is 9.84. The molecular formula is C38H52N6O6. The molecule has 2 aromatic carbocycles. The van der Waals surface area contributed by atoms with Crippen molar-refractivity contribution in [3.05, 3.63) is 90.3 Å². The SMILES string of the molecule is CNC(=O)[C@@H](NC(=O)[C@@](O)(CCN(Cc1ccc(-c2cccnc2)cc1)NC(=O)[C@@H](NC(=O)OC)C(C)(C)C)Cc1ccccc1)C(C)(C)C. The number of alkyl carbamates (subject to hydrolysis) is 1. The molecule has 3 aromatic rings. The van der Waals surface area contributed by atoms with Crippen LogP contribution in [0.4, 0.5) is 4.79 Å². The highest BCUT2D eigenvalue weighted by atomic mass is 16.5. The van der Waals surface area contributed by atoms with E-state index >= 15 is 0 Å². The largest absolute Gasteiger partial charge is 0.453 e. The van der Waals surface area contributed by atoms with Gasteiger partial charge in [0.15, 0.2) is 0 Å². The first-order valence-corrected chi connectivity index (χ1v) is 16.6. The summed E-state index contributed by atoms with van der Waals surface area (Å²) in [4.78, 5) is 57.0. The van der Waals surface area contributed by atoms with Crippen LogP contribution in [-0.2, 0) is 32.1 Å². The summed E-state index contributed by atoms with van der Waals surface area (Å²) in [6.45, 7) is 11.2. The number of methoxy groups -OCH3 is 1. The quantitative estimate of drug-likeness (QED) is 0.159. The Hall–Kier alpha value is -4.81. The van der Waals surface area contributed by atoms with Crippen LogP contribution in [0.2, 0.25) is 0 Å². The molecule has 0 unspecified atom stereocenters. The molecule has 0 spiro atoms. The van der Waals surface area contributed by atoms with Crippen LogP contribution in [0.1, 0.15) is 59.1 Å². The number of hydrazine groups is 1. The number of nitrogens with zero attached hydrogens (tertiary/aromatic N) is 2. The van der Waals surface area contributed by atoms with E-state index in [0.717, 1.165) is 16.7 Å². The average molecular weight is 689 g/mol. The molecule has 12 nitrogen and oxygen atoms in total. The van der Waals surface area contributed by atoms with Gasteiger partial charge in [0.25, 0.3) is 11.8 Å². The van der Waals surface area contributed by atoms with Gasteiger partial charge in [-0.05, 0) is 39.2 Å². The molecule has 3 atom stereocenters. The van der Waals surface area contributed by atoms with E-state index in [0.29, 0.717) is 5.56 Å². The highest BCUT2D eigenvalue weighted by molar-refractivity contribution is 5.92. The molecule has 3 rings (SSSR count). The first kappa shape index (κ1) is 39.6. The second-order valence-corrected chi connectivity index (χ2v) is 14.6. The summed E-state index contributed by atoms with van der Waals surface area (Å²) in [5, 5.41) is 21.8. The molecule has 270 valence electrons. The Labute approximate surface area is 295 Å². The van der Waals surface area contributed by atoms with Gasteiger partial charge in [-0.1, -0.05) is 102 Å². The summed E-state index contributed by atoms with van der Waals surface area (Å²) in [6.07, 6.45) is 2.57. The third kappa shape index (κ3) is 11.4. The molecule has 0 radical (unpaired) electrons. The number of likely N-dealkylation sites (N-methyl/N-ethyl adjacent to an activating group) is 1. The van der Waals surface area contributed by atoms with Crippen molar-refractivity contribution in [2.24, 2.45) is 10.8 Å². The number of rotatable bonds is 14. The summed E-state index contributed by atoms with van der Waals surface area (Å²) in [7, 11) is 2.72. The minimum absolute atomic E-state index is 0.0299. The van der Waals surface area contributed by atoms with Crippen molar-refractivity contribution in [2.45, 2.75) is 78.6 Å². The molecule has 0 saturated heterocycles. The fourth-order valence-electron chi connectivity index (χ4n) is 5.42. The van der Waals surface area contributed by atoms with Crippen LogP contribution in [0.5, 0.6) is 0 Å². The molecule has 5 N–H and O–H groups in total. The fraction of sp³-hybridized carbons (Fsp3) is 0.447. The molecule has 4 amide bonds. The van der Waals surface area contributed by atoms with Gasteiger partial charge < -0.3 is 25.8 Å².